The predicted octanol–water partition coefficient (Wildman–Crippen LogP) is 3.58. The Bertz CT molecular complexity index is 649. The Morgan fingerprint density at radius 3 is 2.24 bits per heavy atom. The Morgan fingerprint density at radius 2 is 1.62 bits per heavy atom. The number of methoxy groups -OCH3 is 2. The molecule has 2 N–H and O–H groups in total. The first-order chi connectivity index (χ1) is 9.97. The van der Waals surface area contributed by atoms with E-state index in [0.717, 1.165) is 16.7 Å². The van der Waals surface area contributed by atoms with E-state index in [1.54, 1.807) is 18.2 Å². The minimum absolute atomic E-state index is 0.0618. The fourth-order valence-electron chi connectivity index (χ4n) is 2.40. The molecule has 4 nitrogen and oxygen atoms in total. The summed E-state index contributed by atoms with van der Waals surface area (Å²) in [7, 11) is 3.04. The van der Waals surface area contributed by atoms with Crippen LogP contribution in [0.5, 0.6) is 23.0 Å². The standard InChI is InChI=1S/C17H20O4/c1-10-7-13(17(19)16(8-10)21-4)11(2)12-5-6-14(18)15(9-12)20-3/h5-9,11,18-19H,1-4H3. The van der Waals surface area contributed by atoms with Crippen LogP contribution in [0, 0.1) is 6.92 Å². The third-order valence-electron chi connectivity index (χ3n) is 3.64. The van der Waals surface area contributed by atoms with Crippen molar-refractivity contribution in [1.82, 2.24) is 0 Å². The van der Waals surface area contributed by atoms with E-state index in [1.165, 1.54) is 14.2 Å². The van der Waals surface area contributed by atoms with Gasteiger partial charge in [0.1, 0.15) is 0 Å². The van der Waals surface area contributed by atoms with E-state index in [0.29, 0.717) is 11.5 Å². The van der Waals surface area contributed by atoms with Gasteiger partial charge in [-0.25, -0.2) is 0 Å². The number of hydrogen-bond donors (Lipinski definition) is 2. The van der Waals surface area contributed by atoms with E-state index in [9.17, 15) is 10.2 Å². The van der Waals surface area contributed by atoms with Crippen molar-refractivity contribution in [2.24, 2.45) is 0 Å². The number of aryl methyl sites for hydroxylation is 1. The van der Waals surface area contributed by atoms with E-state index in [1.807, 2.05) is 26.0 Å². The molecular formula is C17H20O4. The number of benzene rings is 2. The average Bonchev–Trinajstić information content (AvgIpc) is 2.49. The molecule has 0 saturated carbocycles. The second-order valence-electron chi connectivity index (χ2n) is 5.06. The largest absolute Gasteiger partial charge is 0.504 e. The van der Waals surface area contributed by atoms with E-state index in [-0.39, 0.29) is 17.4 Å². The van der Waals surface area contributed by atoms with Gasteiger partial charge in [0.2, 0.25) is 0 Å². The Kier molecular flexibility index (Phi) is 4.26. The monoisotopic (exact) mass is 288 g/mol. The summed E-state index contributed by atoms with van der Waals surface area (Å²) in [5.41, 5.74) is 2.73. The zero-order valence-corrected chi connectivity index (χ0v) is 12.7. The number of aromatic hydroxyl groups is 2. The molecule has 0 radical (unpaired) electrons. The number of phenols is 2. The van der Waals surface area contributed by atoms with Crippen molar-refractivity contribution in [1.29, 1.82) is 0 Å². The van der Waals surface area contributed by atoms with E-state index in [2.05, 4.69) is 0 Å². The highest BCUT2D eigenvalue weighted by Gasteiger charge is 2.18. The van der Waals surface area contributed by atoms with Crippen molar-refractivity contribution in [3.05, 3.63) is 47.0 Å². The summed E-state index contributed by atoms with van der Waals surface area (Å²) >= 11 is 0. The molecule has 112 valence electrons. The fourth-order valence-corrected chi connectivity index (χ4v) is 2.40. The van der Waals surface area contributed by atoms with Gasteiger partial charge in [-0.1, -0.05) is 19.1 Å². The molecule has 0 aliphatic rings. The van der Waals surface area contributed by atoms with Crippen LogP contribution in [0.15, 0.2) is 30.3 Å². The SMILES string of the molecule is COc1cc(C(C)c2cc(C)cc(OC)c2O)ccc1O. The number of rotatable bonds is 4. The topological polar surface area (TPSA) is 58.9 Å². The predicted molar refractivity (Wildman–Crippen MR) is 81.6 cm³/mol. The molecule has 1 unspecified atom stereocenters. The van der Waals surface area contributed by atoms with Gasteiger partial charge >= 0.3 is 0 Å². The van der Waals surface area contributed by atoms with Crippen LogP contribution < -0.4 is 9.47 Å². The van der Waals surface area contributed by atoms with Crippen LogP contribution in [0.2, 0.25) is 0 Å². The summed E-state index contributed by atoms with van der Waals surface area (Å²) < 4.78 is 10.3. The van der Waals surface area contributed by atoms with Gasteiger partial charge in [0.25, 0.3) is 0 Å². The second-order valence-corrected chi connectivity index (χ2v) is 5.06. The molecule has 2 aromatic carbocycles. The van der Waals surface area contributed by atoms with Crippen molar-refractivity contribution in [3.63, 3.8) is 0 Å². The zero-order chi connectivity index (χ0) is 15.6. The van der Waals surface area contributed by atoms with Crippen LogP contribution in [0.25, 0.3) is 0 Å². The molecule has 0 aromatic heterocycles. The maximum atomic E-state index is 10.3. The van der Waals surface area contributed by atoms with Crippen LogP contribution >= 0.6 is 0 Å². The lowest BCUT2D eigenvalue weighted by molar-refractivity contribution is 0.368. The fraction of sp³-hybridized carbons (Fsp3) is 0.294. The molecule has 0 saturated heterocycles. The maximum absolute atomic E-state index is 10.3. The first-order valence-electron chi connectivity index (χ1n) is 6.72. The highest BCUT2D eigenvalue weighted by molar-refractivity contribution is 5.53. The normalized spacial score (nSPS) is 12.0. The molecule has 0 fully saturated rings. The lowest BCUT2D eigenvalue weighted by Crippen LogP contribution is -1.99. The highest BCUT2D eigenvalue weighted by atomic mass is 16.5. The molecule has 0 aliphatic carbocycles. The molecule has 2 rings (SSSR count). The Morgan fingerprint density at radius 1 is 0.952 bits per heavy atom. The quantitative estimate of drug-likeness (QED) is 0.903. The summed E-state index contributed by atoms with van der Waals surface area (Å²) in [6.07, 6.45) is 0. The molecule has 4 heteroatoms. The van der Waals surface area contributed by atoms with Gasteiger partial charge in [-0.05, 0) is 36.2 Å². The Hall–Kier alpha value is -2.36. The van der Waals surface area contributed by atoms with E-state index < -0.39 is 0 Å². The molecule has 1 atom stereocenters. The smallest absolute Gasteiger partial charge is 0.161 e. The van der Waals surface area contributed by atoms with E-state index in [4.69, 9.17) is 9.47 Å². The molecule has 21 heavy (non-hydrogen) atoms. The van der Waals surface area contributed by atoms with Gasteiger partial charge in [0.15, 0.2) is 23.0 Å². The molecular weight excluding hydrogens is 268 g/mol. The zero-order valence-electron chi connectivity index (χ0n) is 12.7. The van der Waals surface area contributed by atoms with Gasteiger partial charge in [-0.2, -0.15) is 0 Å². The van der Waals surface area contributed by atoms with Crippen LogP contribution in [0.1, 0.15) is 29.5 Å². The molecule has 0 bridgehead atoms. The summed E-state index contributed by atoms with van der Waals surface area (Å²) in [6.45, 7) is 3.94. The number of phenolic OH excluding ortho intramolecular Hbond substituents is 2. The second kappa shape index (κ2) is 5.95. The van der Waals surface area contributed by atoms with Gasteiger partial charge in [-0.3, -0.25) is 0 Å². The highest BCUT2D eigenvalue weighted by Crippen LogP contribution is 2.40. The van der Waals surface area contributed by atoms with Gasteiger partial charge < -0.3 is 19.7 Å². The van der Waals surface area contributed by atoms with Crippen molar-refractivity contribution in [2.45, 2.75) is 19.8 Å². The Balaban J connectivity index is 2.49. The van der Waals surface area contributed by atoms with Crippen LogP contribution in [-0.2, 0) is 0 Å². The molecule has 0 spiro atoms. The molecule has 0 heterocycles. The summed E-state index contributed by atoms with van der Waals surface area (Å²) in [6, 6.07) is 8.91. The maximum Gasteiger partial charge on any atom is 0.161 e. The summed E-state index contributed by atoms with van der Waals surface area (Å²) in [4.78, 5) is 0. The van der Waals surface area contributed by atoms with Crippen LogP contribution in [0.4, 0.5) is 0 Å². The minimum Gasteiger partial charge on any atom is -0.504 e. The van der Waals surface area contributed by atoms with Gasteiger partial charge in [0.05, 0.1) is 14.2 Å². The number of hydrogen-bond acceptors (Lipinski definition) is 4. The van der Waals surface area contributed by atoms with Crippen molar-refractivity contribution in [3.8, 4) is 23.0 Å². The Labute approximate surface area is 124 Å². The first kappa shape index (κ1) is 15.0. The third kappa shape index (κ3) is 2.89. The number of ether oxygens (including phenoxy) is 2. The summed E-state index contributed by atoms with van der Waals surface area (Å²) in [5, 5.41) is 20.0. The third-order valence-corrected chi connectivity index (χ3v) is 3.64. The van der Waals surface area contributed by atoms with Gasteiger partial charge in [-0.15, -0.1) is 0 Å². The van der Waals surface area contributed by atoms with Crippen LogP contribution in [0.3, 0.4) is 0 Å². The average molecular weight is 288 g/mol. The van der Waals surface area contributed by atoms with Crippen molar-refractivity contribution in [2.75, 3.05) is 14.2 Å². The summed E-state index contributed by atoms with van der Waals surface area (Å²) in [5.74, 6) is 1.05. The first-order valence-corrected chi connectivity index (χ1v) is 6.72. The van der Waals surface area contributed by atoms with Crippen molar-refractivity contribution < 1.29 is 19.7 Å². The van der Waals surface area contributed by atoms with Crippen molar-refractivity contribution >= 4 is 0 Å². The minimum atomic E-state index is -0.0618. The van der Waals surface area contributed by atoms with Gasteiger partial charge in [0, 0.05) is 11.5 Å². The lowest BCUT2D eigenvalue weighted by atomic mass is 9.91. The lowest BCUT2D eigenvalue weighted by Gasteiger charge is -2.18. The molecule has 2 aromatic rings. The van der Waals surface area contributed by atoms with Crippen LogP contribution in [-0.4, -0.2) is 24.4 Å². The molecule has 0 amide bonds. The van der Waals surface area contributed by atoms with E-state index >= 15 is 0 Å². The molecule has 0 aliphatic heterocycles.